The average molecular weight is 397 g/mol. The molecule has 0 spiro atoms. The first kappa shape index (κ1) is 19.7. The second-order valence-electron chi connectivity index (χ2n) is 6.17. The smallest absolute Gasteiger partial charge is 0.329 e. The SMILES string of the molecule is CC(C(=O)OCC(=O)Nc1cccc([N+](=O)[O-])c1)N1C(=O)c2ccccc2C1=O. The van der Waals surface area contributed by atoms with Gasteiger partial charge in [0, 0.05) is 17.8 Å². The Morgan fingerprint density at radius 2 is 1.72 bits per heavy atom. The van der Waals surface area contributed by atoms with E-state index < -0.39 is 41.3 Å². The predicted molar refractivity (Wildman–Crippen MR) is 99.1 cm³/mol. The summed E-state index contributed by atoms with van der Waals surface area (Å²) in [4.78, 5) is 59.9. The lowest BCUT2D eigenvalue weighted by Gasteiger charge is -2.20. The zero-order valence-electron chi connectivity index (χ0n) is 15.2. The molecule has 2 aromatic rings. The molecule has 0 aliphatic carbocycles. The molecule has 2 aromatic carbocycles. The summed E-state index contributed by atoms with van der Waals surface area (Å²) in [6, 6.07) is 10.2. The van der Waals surface area contributed by atoms with Crippen LogP contribution in [0.15, 0.2) is 48.5 Å². The van der Waals surface area contributed by atoms with Gasteiger partial charge in [0.15, 0.2) is 6.61 Å². The number of fused-ring (bicyclic) bond motifs is 1. The lowest BCUT2D eigenvalue weighted by molar-refractivity contribution is -0.384. The van der Waals surface area contributed by atoms with E-state index in [9.17, 15) is 29.3 Å². The van der Waals surface area contributed by atoms with Gasteiger partial charge in [-0.05, 0) is 25.1 Å². The quantitative estimate of drug-likeness (QED) is 0.339. The van der Waals surface area contributed by atoms with Crippen molar-refractivity contribution in [2.75, 3.05) is 11.9 Å². The summed E-state index contributed by atoms with van der Waals surface area (Å²) in [5, 5.41) is 13.1. The largest absolute Gasteiger partial charge is 0.454 e. The van der Waals surface area contributed by atoms with Crippen molar-refractivity contribution in [2.45, 2.75) is 13.0 Å². The maximum Gasteiger partial charge on any atom is 0.329 e. The molecule has 10 heteroatoms. The summed E-state index contributed by atoms with van der Waals surface area (Å²) in [6.45, 7) is 0.636. The van der Waals surface area contributed by atoms with Gasteiger partial charge >= 0.3 is 5.97 Å². The fraction of sp³-hybridized carbons (Fsp3) is 0.158. The Morgan fingerprint density at radius 3 is 2.31 bits per heavy atom. The van der Waals surface area contributed by atoms with E-state index in [4.69, 9.17) is 4.74 Å². The number of ether oxygens (including phenoxy) is 1. The van der Waals surface area contributed by atoms with Gasteiger partial charge in [-0.25, -0.2) is 4.79 Å². The number of carbonyl (C=O) groups is 4. The number of hydrogen-bond donors (Lipinski definition) is 1. The number of amides is 3. The molecule has 0 bridgehead atoms. The van der Waals surface area contributed by atoms with Crippen molar-refractivity contribution in [2.24, 2.45) is 0 Å². The van der Waals surface area contributed by atoms with E-state index in [0.717, 1.165) is 11.0 Å². The number of anilines is 1. The van der Waals surface area contributed by atoms with Crippen LogP contribution in [0.3, 0.4) is 0 Å². The summed E-state index contributed by atoms with van der Waals surface area (Å²) in [6.07, 6.45) is 0. The summed E-state index contributed by atoms with van der Waals surface area (Å²) < 4.78 is 4.89. The topological polar surface area (TPSA) is 136 Å². The van der Waals surface area contributed by atoms with Crippen LogP contribution in [0, 0.1) is 10.1 Å². The molecule has 0 fully saturated rings. The number of nitrogens with zero attached hydrogens (tertiary/aromatic N) is 2. The van der Waals surface area contributed by atoms with E-state index in [1.165, 1.54) is 37.3 Å². The Morgan fingerprint density at radius 1 is 1.10 bits per heavy atom. The standard InChI is InChI=1S/C19H15N3O7/c1-11(21-17(24)14-7-2-3-8-15(14)18(21)25)19(26)29-10-16(23)20-12-5-4-6-13(9-12)22(27)28/h2-9,11H,10H2,1H3,(H,20,23). The Labute approximate surface area is 164 Å². The van der Waals surface area contributed by atoms with Crippen LogP contribution in [-0.4, -0.2) is 46.2 Å². The monoisotopic (exact) mass is 397 g/mol. The van der Waals surface area contributed by atoms with E-state index in [-0.39, 0.29) is 22.5 Å². The molecule has 0 radical (unpaired) electrons. The minimum Gasteiger partial charge on any atom is -0.454 e. The van der Waals surface area contributed by atoms with Crippen LogP contribution >= 0.6 is 0 Å². The minimum atomic E-state index is -1.23. The highest BCUT2D eigenvalue weighted by molar-refractivity contribution is 6.22. The third kappa shape index (κ3) is 3.95. The first-order chi connectivity index (χ1) is 13.8. The molecule has 0 aromatic heterocycles. The first-order valence-corrected chi connectivity index (χ1v) is 8.47. The van der Waals surface area contributed by atoms with Gasteiger partial charge in [-0.15, -0.1) is 0 Å². The Balaban J connectivity index is 1.59. The van der Waals surface area contributed by atoms with E-state index >= 15 is 0 Å². The van der Waals surface area contributed by atoms with Gasteiger partial charge in [-0.1, -0.05) is 18.2 Å². The number of esters is 1. The van der Waals surface area contributed by atoms with E-state index in [1.54, 1.807) is 12.1 Å². The number of nitro benzene ring substituents is 1. The second kappa shape index (κ2) is 7.89. The molecule has 148 valence electrons. The normalized spacial score (nSPS) is 13.6. The van der Waals surface area contributed by atoms with Crippen LogP contribution in [0.5, 0.6) is 0 Å². The lowest BCUT2D eigenvalue weighted by Crippen LogP contribution is -2.44. The number of imide groups is 1. The van der Waals surface area contributed by atoms with Crippen LogP contribution in [0.1, 0.15) is 27.6 Å². The van der Waals surface area contributed by atoms with Crippen molar-refractivity contribution < 1.29 is 28.8 Å². The zero-order valence-corrected chi connectivity index (χ0v) is 15.2. The molecule has 10 nitrogen and oxygen atoms in total. The summed E-state index contributed by atoms with van der Waals surface area (Å²) in [5.41, 5.74) is 0.341. The van der Waals surface area contributed by atoms with E-state index in [1.807, 2.05) is 0 Å². The molecule has 3 amide bonds. The number of hydrogen-bond acceptors (Lipinski definition) is 7. The van der Waals surface area contributed by atoms with Gasteiger partial charge < -0.3 is 10.1 Å². The fourth-order valence-electron chi connectivity index (χ4n) is 2.82. The molecular formula is C19H15N3O7. The highest BCUT2D eigenvalue weighted by Crippen LogP contribution is 2.24. The molecule has 1 unspecified atom stereocenters. The fourth-order valence-corrected chi connectivity index (χ4v) is 2.82. The molecule has 3 rings (SSSR count). The van der Waals surface area contributed by atoms with Crippen molar-refractivity contribution in [3.05, 3.63) is 69.8 Å². The maximum atomic E-state index is 12.4. The molecule has 1 aliphatic rings. The maximum absolute atomic E-state index is 12.4. The number of non-ortho nitro benzene ring substituents is 1. The number of nitro groups is 1. The van der Waals surface area contributed by atoms with Crippen LogP contribution in [0.25, 0.3) is 0 Å². The molecule has 1 atom stereocenters. The van der Waals surface area contributed by atoms with Gasteiger partial charge in [0.2, 0.25) is 0 Å². The number of benzene rings is 2. The summed E-state index contributed by atoms with van der Waals surface area (Å²) in [7, 11) is 0. The molecule has 0 saturated heterocycles. The third-order valence-electron chi connectivity index (χ3n) is 4.24. The molecule has 29 heavy (non-hydrogen) atoms. The minimum absolute atomic E-state index is 0.161. The average Bonchev–Trinajstić information content (AvgIpc) is 2.96. The van der Waals surface area contributed by atoms with Gasteiger partial charge in [0.1, 0.15) is 6.04 Å². The Bertz CT molecular complexity index is 999. The number of carbonyl (C=O) groups excluding carboxylic acids is 4. The highest BCUT2D eigenvalue weighted by Gasteiger charge is 2.41. The molecular weight excluding hydrogens is 382 g/mol. The molecule has 0 saturated carbocycles. The second-order valence-corrected chi connectivity index (χ2v) is 6.17. The molecule has 1 N–H and O–H groups in total. The highest BCUT2D eigenvalue weighted by atomic mass is 16.6. The van der Waals surface area contributed by atoms with Gasteiger partial charge in [-0.2, -0.15) is 0 Å². The van der Waals surface area contributed by atoms with Crippen LogP contribution in [0.2, 0.25) is 0 Å². The summed E-state index contributed by atoms with van der Waals surface area (Å²) in [5.74, 6) is -2.89. The van der Waals surface area contributed by atoms with E-state index in [2.05, 4.69) is 5.32 Å². The van der Waals surface area contributed by atoms with Crippen molar-refractivity contribution in [3.8, 4) is 0 Å². The van der Waals surface area contributed by atoms with Crippen molar-refractivity contribution >= 4 is 35.1 Å². The molecule has 1 aliphatic heterocycles. The first-order valence-electron chi connectivity index (χ1n) is 8.47. The third-order valence-corrected chi connectivity index (χ3v) is 4.24. The van der Waals surface area contributed by atoms with Crippen molar-refractivity contribution in [3.63, 3.8) is 0 Å². The predicted octanol–water partition coefficient (Wildman–Crippen LogP) is 1.76. The van der Waals surface area contributed by atoms with Gasteiger partial charge in [0.05, 0.1) is 16.1 Å². The zero-order chi connectivity index (χ0) is 21.1. The van der Waals surface area contributed by atoms with Gasteiger partial charge in [0.25, 0.3) is 23.4 Å². The van der Waals surface area contributed by atoms with Crippen LogP contribution < -0.4 is 5.32 Å². The molecule has 1 heterocycles. The number of rotatable bonds is 6. The van der Waals surface area contributed by atoms with Gasteiger partial charge in [-0.3, -0.25) is 29.4 Å². The number of nitrogens with one attached hydrogen (secondary N) is 1. The lowest BCUT2D eigenvalue weighted by atomic mass is 10.1. The van der Waals surface area contributed by atoms with E-state index in [0.29, 0.717) is 0 Å². The van der Waals surface area contributed by atoms with Crippen LogP contribution in [-0.2, 0) is 14.3 Å². The Kier molecular flexibility index (Phi) is 5.35. The van der Waals surface area contributed by atoms with Crippen LogP contribution in [0.4, 0.5) is 11.4 Å². The van der Waals surface area contributed by atoms with Crippen molar-refractivity contribution in [1.29, 1.82) is 0 Å². The van der Waals surface area contributed by atoms with Crippen molar-refractivity contribution in [1.82, 2.24) is 4.90 Å². The summed E-state index contributed by atoms with van der Waals surface area (Å²) >= 11 is 0. The Hall–Kier alpha value is -4.08.